The Morgan fingerprint density at radius 1 is 1.47 bits per heavy atom. The van der Waals surface area contributed by atoms with Crippen LogP contribution in [0.15, 0.2) is 21.5 Å². The van der Waals surface area contributed by atoms with E-state index in [1.807, 2.05) is 0 Å². The summed E-state index contributed by atoms with van der Waals surface area (Å²) in [5.74, 6) is -0.936. The molecule has 0 amide bonds. The molecule has 0 fully saturated rings. The topological polar surface area (TPSA) is 92.4 Å². The molecular weight excluding hydrogens is 339 g/mol. The summed E-state index contributed by atoms with van der Waals surface area (Å²) in [6, 6.07) is 1.59. The van der Waals surface area contributed by atoms with Crippen LogP contribution in [0.4, 0.5) is 10.1 Å². The van der Waals surface area contributed by atoms with Gasteiger partial charge in [-0.05, 0) is 40.9 Å². The zero-order valence-corrected chi connectivity index (χ0v) is 12.9. The van der Waals surface area contributed by atoms with Crippen molar-refractivity contribution in [3.05, 3.63) is 22.4 Å². The first kappa shape index (κ1) is 16.4. The van der Waals surface area contributed by atoms with Gasteiger partial charge in [-0.15, -0.1) is 0 Å². The van der Waals surface area contributed by atoms with Gasteiger partial charge in [-0.3, -0.25) is 0 Å². The SMILES string of the molecule is CC(CO)C(C)NS(=O)(=O)c1cc(N)c(F)cc1Br. The number of aliphatic hydroxyl groups excluding tert-OH is 1. The molecule has 8 heteroatoms. The number of hydrogen-bond acceptors (Lipinski definition) is 4. The molecule has 0 aliphatic heterocycles. The number of hydrogen-bond donors (Lipinski definition) is 3. The van der Waals surface area contributed by atoms with Crippen molar-refractivity contribution in [2.45, 2.75) is 24.8 Å². The molecule has 0 bridgehead atoms. The van der Waals surface area contributed by atoms with Crippen LogP contribution in [-0.2, 0) is 10.0 Å². The summed E-state index contributed by atoms with van der Waals surface area (Å²) in [5.41, 5.74) is 5.13. The zero-order valence-electron chi connectivity index (χ0n) is 10.5. The molecule has 0 radical (unpaired) electrons. The molecule has 2 unspecified atom stereocenters. The van der Waals surface area contributed by atoms with Gasteiger partial charge in [0.15, 0.2) is 0 Å². The van der Waals surface area contributed by atoms with Crippen LogP contribution < -0.4 is 10.5 Å². The van der Waals surface area contributed by atoms with E-state index in [4.69, 9.17) is 10.8 Å². The van der Waals surface area contributed by atoms with E-state index in [9.17, 15) is 12.8 Å². The number of nitrogens with one attached hydrogen (secondary N) is 1. The molecule has 0 spiro atoms. The van der Waals surface area contributed by atoms with Crippen LogP contribution in [0.5, 0.6) is 0 Å². The number of rotatable bonds is 5. The highest BCUT2D eigenvalue weighted by molar-refractivity contribution is 9.10. The number of aliphatic hydroxyl groups is 1. The number of halogens is 2. The van der Waals surface area contributed by atoms with E-state index in [0.29, 0.717) is 0 Å². The Morgan fingerprint density at radius 3 is 2.58 bits per heavy atom. The van der Waals surface area contributed by atoms with Crippen molar-refractivity contribution in [3.63, 3.8) is 0 Å². The maximum Gasteiger partial charge on any atom is 0.242 e. The van der Waals surface area contributed by atoms with E-state index < -0.39 is 21.9 Å². The third kappa shape index (κ3) is 3.88. The fourth-order valence-corrected chi connectivity index (χ4v) is 3.73. The van der Waals surface area contributed by atoms with Crippen LogP contribution >= 0.6 is 15.9 Å². The van der Waals surface area contributed by atoms with Crippen molar-refractivity contribution in [2.24, 2.45) is 5.92 Å². The van der Waals surface area contributed by atoms with Crippen LogP contribution in [-0.4, -0.2) is 26.2 Å². The van der Waals surface area contributed by atoms with Gasteiger partial charge in [0.05, 0.1) is 10.6 Å². The van der Waals surface area contributed by atoms with Crippen molar-refractivity contribution in [1.29, 1.82) is 0 Å². The second-order valence-electron chi connectivity index (χ2n) is 4.37. The summed E-state index contributed by atoms with van der Waals surface area (Å²) in [7, 11) is -3.84. The molecule has 0 aromatic heterocycles. The average molecular weight is 355 g/mol. The van der Waals surface area contributed by atoms with Crippen molar-refractivity contribution in [2.75, 3.05) is 12.3 Å². The average Bonchev–Trinajstić information content (AvgIpc) is 2.31. The largest absolute Gasteiger partial charge is 0.396 e. The molecule has 5 nitrogen and oxygen atoms in total. The summed E-state index contributed by atoms with van der Waals surface area (Å²) >= 11 is 3.00. The number of benzene rings is 1. The molecule has 0 aliphatic rings. The smallest absolute Gasteiger partial charge is 0.242 e. The minimum Gasteiger partial charge on any atom is -0.396 e. The number of sulfonamides is 1. The summed E-state index contributed by atoms with van der Waals surface area (Å²) in [6.45, 7) is 3.21. The quantitative estimate of drug-likeness (QED) is 0.698. The predicted molar refractivity (Wildman–Crippen MR) is 74.5 cm³/mol. The Hall–Kier alpha value is -0.700. The molecule has 1 aromatic rings. The van der Waals surface area contributed by atoms with Crippen molar-refractivity contribution in [3.8, 4) is 0 Å². The minimum atomic E-state index is -3.84. The van der Waals surface area contributed by atoms with E-state index in [2.05, 4.69) is 20.7 Å². The highest BCUT2D eigenvalue weighted by atomic mass is 79.9. The van der Waals surface area contributed by atoms with Gasteiger partial charge in [-0.25, -0.2) is 17.5 Å². The van der Waals surface area contributed by atoms with E-state index in [-0.39, 0.29) is 27.6 Å². The predicted octanol–water partition coefficient (Wildman–Crippen LogP) is 1.47. The molecule has 19 heavy (non-hydrogen) atoms. The third-order valence-electron chi connectivity index (χ3n) is 2.82. The van der Waals surface area contributed by atoms with Crippen LogP contribution in [0.25, 0.3) is 0 Å². The van der Waals surface area contributed by atoms with Crippen LogP contribution in [0, 0.1) is 11.7 Å². The van der Waals surface area contributed by atoms with Gasteiger partial charge >= 0.3 is 0 Å². The van der Waals surface area contributed by atoms with Crippen molar-refractivity contribution >= 4 is 31.6 Å². The maximum absolute atomic E-state index is 13.2. The minimum absolute atomic E-state index is 0.0931. The number of nitrogens with two attached hydrogens (primary N) is 1. The van der Waals surface area contributed by atoms with Gasteiger partial charge in [-0.1, -0.05) is 6.92 Å². The van der Waals surface area contributed by atoms with Crippen LogP contribution in [0.3, 0.4) is 0 Å². The lowest BCUT2D eigenvalue weighted by Gasteiger charge is -2.19. The second kappa shape index (κ2) is 6.17. The highest BCUT2D eigenvalue weighted by Crippen LogP contribution is 2.27. The standard InChI is InChI=1S/C11H16BrFN2O3S/c1-6(5-16)7(2)15-19(17,18)11-4-10(14)9(13)3-8(11)12/h3-4,6-7,15-16H,5,14H2,1-2H3. The Labute approximate surface area is 120 Å². The lowest BCUT2D eigenvalue weighted by molar-refractivity contribution is 0.216. The lowest BCUT2D eigenvalue weighted by atomic mass is 10.1. The molecular formula is C11H16BrFN2O3S. The highest BCUT2D eigenvalue weighted by Gasteiger charge is 2.24. The van der Waals surface area contributed by atoms with Gasteiger partial charge in [0, 0.05) is 17.1 Å². The molecule has 1 aromatic carbocycles. The van der Waals surface area contributed by atoms with Crippen molar-refractivity contribution in [1.82, 2.24) is 4.72 Å². The van der Waals surface area contributed by atoms with Gasteiger partial charge < -0.3 is 10.8 Å². The van der Waals surface area contributed by atoms with Gasteiger partial charge in [0.25, 0.3) is 0 Å². The Balaban J connectivity index is 3.11. The summed E-state index contributed by atoms with van der Waals surface area (Å²) in [5, 5.41) is 8.99. The van der Waals surface area contributed by atoms with Gasteiger partial charge in [0.1, 0.15) is 5.82 Å². The lowest BCUT2D eigenvalue weighted by Crippen LogP contribution is -2.38. The Bertz CT molecular complexity index is 565. The molecule has 1 rings (SSSR count). The summed E-state index contributed by atoms with van der Waals surface area (Å²) in [4.78, 5) is -0.136. The fraction of sp³-hybridized carbons (Fsp3) is 0.455. The van der Waals surface area contributed by atoms with Gasteiger partial charge in [-0.2, -0.15) is 0 Å². The van der Waals surface area contributed by atoms with Crippen LogP contribution in [0.2, 0.25) is 0 Å². The van der Waals surface area contributed by atoms with E-state index in [0.717, 1.165) is 12.1 Å². The summed E-state index contributed by atoms with van der Waals surface area (Å²) < 4.78 is 40.0. The fourth-order valence-electron chi connectivity index (χ4n) is 1.33. The molecule has 0 aliphatic carbocycles. The molecule has 2 atom stereocenters. The normalized spacial score (nSPS) is 15.2. The molecule has 0 saturated heterocycles. The Morgan fingerprint density at radius 2 is 2.05 bits per heavy atom. The monoisotopic (exact) mass is 354 g/mol. The van der Waals surface area contributed by atoms with E-state index in [1.54, 1.807) is 13.8 Å². The van der Waals surface area contributed by atoms with Gasteiger partial charge in [0.2, 0.25) is 10.0 Å². The first-order valence-corrected chi connectivity index (χ1v) is 7.84. The zero-order chi connectivity index (χ0) is 14.8. The third-order valence-corrected chi connectivity index (χ3v) is 5.34. The molecule has 4 N–H and O–H groups in total. The van der Waals surface area contributed by atoms with Crippen molar-refractivity contribution < 1.29 is 17.9 Å². The Kier molecular flexibility index (Phi) is 5.31. The second-order valence-corrected chi connectivity index (χ2v) is 6.91. The molecule has 0 heterocycles. The van der Waals surface area contributed by atoms with E-state index >= 15 is 0 Å². The molecule has 0 saturated carbocycles. The van der Waals surface area contributed by atoms with Crippen LogP contribution in [0.1, 0.15) is 13.8 Å². The number of nitrogen functional groups attached to an aromatic ring is 1. The maximum atomic E-state index is 13.2. The number of anilines is 1. The molecule has 108 valence electrons. The first-order chi connectivity index (χ1) is 8.69. The van der Waals surface area contributed by atoms with E-state index in [1.165, 1.54) is 0 Å². The summed E-state index contributed by atoms with van der Waals surface area (Å²) in [6.07, 6.45) is 0. The first-order valence-electron chi connectivity index (χ1n) is 5.56.